The smallest absolute Gasteiger partial charge is 0.358 e. The van der Waals surface area contributed by atoms with Crippen molar-refractivity contribution in [2.45, 2.75) is 26.4 Å². The van der Waals surface area contributed by atoms with Crippen LogP contribution in [0.15, 0.2) is 34.9 Å². The highest BCUT2D eigenvalue weighted by Crippen LogP contribution is 2.09. The second-order valence-corrected chi connectivity index (χ2v) is 4.21. The normalized spacial score (nSPS) is 10.6. The largest absolute Gasteiger partial charge is 0.476 e. The molecule has 0 atom stereocenters. The van der Waals surface area contributed by atoms with Crippen molar-refractivity contribution in [3.8, 4) is 0 Å². The summed E-state index contributed by atoms with van der Waals surface area (Å²) in [5.41, 5.74) is 2.48. The van der Waals surface area contributed by atoms with Gasteiger partial charge in [0, 0.05) is 12.6 Å². The van der Waals surface area contributed by atoms with Gasteiger partial charge in [0.1, 0.15) is 0 Å². The third-order valence-corrected chi connectivity index (χ3v) is 2.89. The molecular formula is C14H16N2O3. The second kappa shape index (κ2) is 6.15. The van der Waals surface area contributed by atoms with Gasteiger partial charge in [0.15, 0.2) is 11.5 Å². The highest BCUT2D eigenvalue weighted by Gasteiger charge is 2.10. The number of nitrogens with one attached hydrogen (secondary N) is 1. The van der Waals surface area contributed by atoms with E-state index in [-0.39, 0.29) is 5.69 Å². The fraction of sp³-hybridized carbons (Fsp3) is 0.286. The first kappa shape index (κ1) is 13.3. The van der Waals surface area contributed by atoms with Crippen LogP contribution in [0, 0.1) is 0 Å². The topological polar surface area (TPSA) is 75.4 Å². The number of carbonyl (C=O) groups is 1. The molecule has 0 fully saturated rings. The summed E-state index contributed by atoms with van der Waals surface area (Å²) < 4.78 is 4.93. The third kappa shape index (κ3) is 3.42. The summed E-state index contributed by atoms with van der Waals surface area (Å²) >= 11 is 0. The van der Waals surface area contributed by atoms with Crippen LogP contribution in [0.1, 0.15) is 34.3 Å². The molecule has 0 spiro atoms. The van der Waals surface area contributed by atoms with E-state index >= 15 is 0 Å². The Hall–Kier alpha value is -2.14. The Morgan fingerprint density at radius 1 is 1.32 bits per heavy atom. The van der Waals surface area contributed by atoms with Crippen LogP contribution in [-0.4, -0.2) is 16.2 Å². The van der Waals surface area contributed by atoms with Gasteiger partial charge in [-0.15, -0.1) is 0 Å². The van der Waals surface area contributed by atoms with Crippen LogP contribution in [0.5, 0.6) is 0 Å². The fourth-order valence-electron chi connectivity index (χ4n) is 1.89. The van der Waals surface area contributed by atoms with Gasteiger partial charge in [0.2, 0.25) is 0 Å². The lowest BCUT2D eigenvalue weighted by Crippen LogP contribution is -2.13. The van der Waals surface area contributed by atoms with Crippen molar-refractivity contribution >= 4 is 5.97 Å². The van der Waals surface area contributed by atoms with E-state index in [1.807, 2.05) is 12.1 Å². The zero-order valence-electron chi connectivity index (χ0n) is 10.7. The van der Waals surface area contributed by atoms with Crippen LogP contribution in [0.2, 0.25) is 0 Å². The molecule has 5 heteroatoms. The quantitative estimate of drug-likeness (QED) is 0.833. The molecule has 2 rings (SSSR count). The van der Waals surface area contributed by atoms with E-state index in [2.05, 4.69) is 29.5 Å². The van der Waals surface area contributed by atoms with Gasteiger partial charge in [-0.1, -0.05) is 36.3 Å². The van der Waals surface area contributed by atoms with Crippen LogP contribution in [0.25, 0.3) is 0 Å². The molecule has 1 heterocycles. The summed E-state index contributed by atoms with van der Waals surface area (Å²) in [6.07, 6.45) is 0.989. The van der Waals surface area contributed by atoms with E-state index < -0.39 is 5.97 Å². The van der Waals surface area contributed by atoms with E-state index in [9.17, 15) is 4.79 Å². The van der Waals surface area contributed by atoms with Gasteiger partial charge in [-0.05, 0) is 17.5 Å². The number of hydrogen-bond acceptors (Lipinski definition) is 4. The minimum Gasteiger partial charge on any atom is -0.476 e. The van der Waals surface area contributed by atoms with Crippen LogP contribution in [-0.2, 0) is 19.5 Å². The van der Waals surface area contributed by atoms with Crippen molar-refractivity contribution in [1.82, 2.24) is 10.5 Å². The summed E-state index contributed by atoms with van der Waals surface area (Å²) in [5.74, 6) is -0.558. The molecule has 0 amide bonds. The van der Waals surface area contributed by atoms with E-state index in [0.29, 0.717) is 18.8 Å². The average Bonchev–Trinajstić information content (AvgIpc) is 2.88. The Balaban J connectivity index is 1.90. The molecule has 2 N–H and O–H groups in total. The summed E-state index contributed by atoms with van der Waals surface area (Å²) in [5, 5.41) is 15.4. The van der Waals surface area contributed by atoms with Gasteiger partial charge in [0.05, 0.1) is 6.54 Å². The first-order chi connectivity index (χ1) is 9.20. The maximum absolute atomic E-state index is 10.7. The monoisotopic (exact) mass is 260 g/mol. The predicted molar refractivity (Wildman–Crippen MR) is 69.8 cm³/mol. The average molecular weight is 260 g/mol. The van der Waals surface area contributed by atoms with Gasteiger partial charge >= 0.3 is 5.97 Å². The Labute approximate surface area is 111 Å². The number of hydrogen-bond donors (Lipinski definition) is 2. The SMILES string of the molecule is CCc1ccccc1CNCc1cc(C(=O)O)no1. The number of rotatable bonds is 6. The Morgan fingerprint density at radius 3 is 2.68 bits per heavy atom. The van der Waals surface area contributed by atoms with E-state index in [1.165, 1.54) is 17.2 Å². The summed E-state index contributed by atoms with van der Waals surface area (Å²) in [6.45, 7) is 3.29. The van der Waals surface area contributed by atoms with E-state index in [4.69, 9.17) is 9.63 Å². The first-order valence-corrected chi connectivity index (χ1v) is 6.17. The molecule has 0 saturated heterocycles. The Kier molecular flexibility index (Phi) is 4.30. The molecule has 0 aliphatic carbocycles. The first-order valence-electron chi connectivity index (χ1n) is 6.17. The fourth-order valence-corrected chi connectivity index (χ4v) is 1.89. The number of carboxylic acids is 1. The summed E-state index contributed by atoms with van der Waals surface area (Å²) in [6, 6.07) is 9.65. The van der Waals surface area contributed by atoms with Crippen molar-refractivity contribution in [2.75, 3.05) is 0 Å². The molecule has 0 saturated carbocycles. The van der Waals surface area contributed by atoms with E-state index in [1.54, 1.807) is 0 Å². The molecule has 0 radical (unpaired) electrons. The number of benzene rings is 1. The second-order valence-electron chi connectivity index (χ2n) is 4.21. The highest BCUT2D eigenvalue weighted by atomic mass is 16.5. The van der Waals surface area contributed by atoms with Crippen LogP contribution in [0.4, 0.5) is 0 Å². The van der Waals surface area contributed by atoms with Gasteiger partial charge in [-0.25, -0.2) is 4.79 Å². The predicted octanol–water partition coefficient (Wildman–Crippen LogP) is 2.23. The molecule has 0 aliphatic rings. The van der Waals surface area contributed by atoms with Crippen molar-refractivity contribution in [3.05, 3.63) is 52.9 Å². The van der Waals surface area contributed by atoms with Gasteiger partial charge in [-0.3, -0.25) is 0 Å². The maximum atomic E-state index is 10.7. The van der Waals surface area contributed by atoms with Crippen molar-refractivity contribution in [1.29, 1.82) is 0 Å². The van der Waals surface area contributed by atoms with E-state index in [0.717, 1.165) is 6.42 Å². The number of carboxylic acid groups (broad SMARTS) is 1. The number of aromatic carboxylic acids is 1. The lowest BCUT2D eigenvalue weighted by Gasteiger charge is -2.07. The zero-order valence-corrected chi connectivity index (χ0v) is 10.7. The van der Waals surface area contributed by atoms with Crippen molar-refractivity contribution < 1.29 is 14.4 Å². The molecule has 19 heavy (non-hydrogen) atoms. The van der Waals surface area contributed by atoms with Crippen LogP contribution in [0.3, 0.4) is 0 Å². The maximum Gasteiger partial charge on any atom is 0.358 e. The Morgan fingerprint density at radius 2 is 2.05 bits per heavy atom. The molecular weight excluding hydrogens is 244 g/mol. The molecule has 2 aromatic rings. The summed E-state index contributed by atoms with van der Waals surface area (Å²) in [7, 11) is 0. The highest BCUT2D eigenvalue weighted by molar-refractivity contribution is 5.85. The number of aryl methyl sites for hydroxylation is 1. The standard InChI is InChI=1S/C14H16N2O3/c1-2-10-5-3-4-6-11(10)8-15-9-12-7-13(14(17)18)16-19-12/h3-7,15H,2,8-9H2,1H3,(H,17,18). The summed E-state index contributed by atoms with van der Waals surface area (Å²) in [4.78, 5) is 10.7. The molecule has 0 unspecified atom stereocenters. The lowest BCUT2D eigenvalue weighted by atomic mass is 10.1. The molecule has 1 aromatic heterocycles. The van der Waals surface area contributed by atoms with Crippen LogP contribution >= 0.6 is 0 Å². The van der Waals surface area contributed by atoms with Crippen LogP contribution < -0.4 is 5.32 Å². The molecule has 100 valence electrons. The van der Waals surface area contributed by atoms with Crippen molar-refractivity contribution in [2.24, 2.45) is 0 Å². The molecule has 5 nitrogen and oxygen atoms in total. The lowest BCUT2D eigenvalue weighted by molar-refractivity contribution is 0.0685. The number of nitrogens with zero attached hydrogens (tertiary/aromatic N) is 1. The van der Waals surface area contributed by atoms with Crippen molar-refractivity contribution in [3.63, 3.8) is 0 Å². The molecule has 1 aromatic carbocycles. The van der Waals surface area contributed by atoms with Gasteiger partial charge < -0.3 is 14.9 Å². The third-order valence-electron chi connectivity index (χ3n) is 2.89. The minimum absolute atomic E-state index is 0.0641. The molecule has 0 aliphatic heterocycles. The minimum atomic E-state index is -1.08. The zero-order chi connectivity index (χ0) is 13.7. The molecule has 0 bridgehead atoms. The number of aromatic nitrogens is 1. The Bertz CT molecular complexity index is 563. The van der Waals surface area contributed by atoms with Gasteiger partial charge in [0.25, 0.3) is 0 Å². The van der Waals surface area contributed by atoms with Gasteiger partial charge in [-0.2, -0.15) is 0 Å².